The molecule has 0 fully saturated rings. The number of ether oxygens (including phenoxy) is 1. The van der Waals surface area contributed by atoms with Crippen molar-refractivity contribution in [2.24, 2.45) is 5.92 Å². The van der Waals surface area contributed by atoms with E-state index in [4.69, 9.17) is 9.72 Å². The van der Waals surface area contributed by atoms with Gasteiger partial charge in [-0.1, -0.05) is 30.3 Å². The number of hydrogen-bond donors (Lipinski definition) is 1. The van der Waals surface area contributed by atoms with Gasteiger partial charge in [-0.25, -0.2) is 4.98 Å². The number of benzene rings is 3. The zero-order chi connectivity index (χ0) is 21.9. The number of aromatic amines is 1. The van der Waals surface area contributed by atoms with Crippen LogP contribution in [-0.4, -0.2) is 40.7 Å². The van der Waals surface area contributed by atoms with Crippen molar-refractivity contribution < 1.29 is 4.74 Å². The largest absolute Gasteiger partial charge is 0.457 e. The molecule has 0 amide bonds. The van der Waals surface area contributed by atoms with E-state index in [1.807, 2.05) is 54.6 Å². The summed E-state index contributed by atoms with van der Waals surface area (Å²) in [4.78, 5) is 7.04. The van der Waals surface area contributed by atoms with E-state index in [0.717, 1.165) is 59.6 Å². The van der Waals surface area contributed by atoms with Crippen molar-refractivity contribution in [1.82, 2.24) is 20.1 Å². The quantitative estimate of drug-likeness (QED) is 0.438. The highest BCUT2D eigenvalue weighted by Gasteiger charge is 2.20. The van der Waals surface area contributed by atoms with Crippen LogP contribution in [0.4, 0.5) is 0 Å². The Labute approximate surface area is 189 Å². The van der Waals surface area contributed by atoms with Crippen molar-refractivity contribution in [3.05, 3.63) is 83.9 Å². The first-order valence-electron chi connectivity index (χ1n) is 11.2. The monoisotopic (exact) mass is 424 g/mol. The second kappa shape index (κ2) is 8.97. The number of fused-ring (bicyclic) bond motifs is 1. The summed E-state index contributed by atoms with van der Waals surface area (Å²) >= 11 is 0. The standard InChI is InChI=1S/C27H28N4O/c1-31(2)18-19-8-9-22-17-23(11-10-21(22)16-19)27-28-26(29-30-27)20-12-14-25(15-13-20)32-24-6-4-3-5-7-24/h3-7,10-15,17,19H,8-9,16,18H2,1-2H3,(H,28,29,30). The van der Waals surface area contributed by atoms with E-state index in [0.29, 0.717) is 0 Å². The summed E-state index contributed by atoms with van der Waals surface area (Å²) in [7, 11) is 4.31. The molecule has 0 radical (unpaired) electrons. The maximum absolute atomic E-state index is 5.88. The summed E-state index contributed by atoms with van der Waals surface area (Å²) in [6.45, 7) is 1.15. The van der Waals surface area contributed by atoms with Crippen LogP contribution in [0.5, 0.6) is 11.5 Å². The van der Waals surface area contributed by atoms with E-state index < -0.39 is 0 Å². The third kappa shape index (κ3) is 4.58. The number of nitrogens with one attached hydrogen (secondary N) is 1. The summed E-state index contributed by atoms with van der Waals surface area (Å²) in [6, 6.07) is 24.4. The van der Waals surface area contributed by atoms with Crippen molar-refractivity contribution in [2.45, 2.75) is 19.3 Å². The molecule has 5 rings (SSSR count). The molecule has 4 aromatic rings. The fraction of sp³-hybridized carbons (Fsp3) is 0.259. The number of nitrogens with zero attached hydrogens (tertiary/aromatic N) is 3. The molecular weight excluding hydrogens is 396 g/mol. The summed E-state index contributed by atoms with van der Waals surface area (Å²) in [5.74, 6) is 3.86. The number of H-pyrrole nitrogens is 1. The van der Waals surface area contributed by atoms with Gasteiger partial charge in [-0.05, 0) is 92.9 Å². The molecule has 5 heteroatoms. The average molecular weight is 425 g/mol. The summed E-state index contributed by atoms with van der Waals surface area (Å²) in [5.41, 5.74) is 4.96. The molecule has 1 unspecified atom stereocenters. The molecule has 32 heavy (non-hydrogen) atoms. The van der Waals surface area contributed by atoms with Crippen LogP contribution in [0.3, 0.4) is 0 Å². The molecular formula is C27H28N4O. The molecule has 1 aromatic heterocycles. The highest BCUT2D eigenvalue weighted by molar-refractivity contribution is 5.63. The Morgan fingerprint density at radius 2 is 1.66 bits per heavy atom. The molecule has 0 saturated carbocycles. The normalized spacial score (nSPS) is 15.5. The first-order chi connectivity index (χ1) is 15.6. The van der Waals surface area contributed by atoms with E-state index >= 15 is 0 Å². The Hall–Kier alpha value is -3.44. The van der Waals surface area contributed by atoms with Gasteiger partial charge in [-0.2, -0.15) is 5.10 Å². The van der Waals surface area contributed by atoms with Crippen LogP contribution in [0.1, 0.15) is 17.5 Å². The Kier molecular flexibility index (Phi) is 5.73. The van der Waals surface area contributed by atoms with E-state index in [1.165, 1.54) is 17.5 Å². The van der Waals surface area contributed by atoms with Crippen LogP contribution >= 0.6 is 0 Å². The average Bonchev–Trinajstić information content (AvgIpc) is 3.30. The topological polar surface area (TPSA) is 54.0 Å². The lowest BCUT2D eigenvalue weighted by atomic mass is 9.83. The van der Waals surface area contributed by atoms with Gasteiger partial charge in [0.05, 0.1) is 0 Å². The van der Waals surface area contributed by atoms with E-state index in [1.54, 1.807) is 0 Å². The first kappa shape index (κ1) is 20.5. The van der Waals surface area contributed by atoms with Crippen LogP contribution in [0.2, 0.25) is 0 Å². The van der Waals surface area contributed by atoms with Crippen molar-refractivity contribution in [3.8, 4) is 34.3 Å². The molecule has 5 nitrogen and oxygen atoms in total. The molecule has 1 aliphatic rings. The zero-order valence-corrected chi connectivity index (χ0v) is 18.6. The van der Waals surface area contributed by atoms with E-state index in [2.05, 4.69) is 47.4 Å². The number of aromatic nitrogens is 3. The molecule has 0 spiro atoms. The highest BCUT2D eigenvalue weighted by atomic mass is 16.5. The molecule has 0 aliphatic heterocycles. The maximum Gasteiger partial charge on any atom is 0.181 e. The predicted octanol–water partition coefficient (Wildman–Crippen LogP) is 5.60. The smallest absolute Gasteiger partial charge is 0.181 e. The van der Waals surface area contributed by atoms with Crippen LogP contribution < -0.4 is 4.74 Å². The van der Waals surface area contributed by atoms with Crippen molar-refractivity contribution >= 4 is 0 Å². The Morgan fingerprint density at radius 1 is 0.906 bits per heavy atom. The highest BCUT2D eigenvalue weighted by Crippen LogP contribution is 2.30. The summed E-state index contributed by atoms with van der Waals surface area (Å²) in [6.07, 6.45) is 3.53. The van der Waals surface area contributed by atoms with Gasteiger partial charge in [0, 0.05) is 17.7 Å². The first-order valence-corrected chi connectivity index (χ1v) is 11.2. The fourth-order valence-electron chi connectivity index (χ4n) is 4.47. The van der Waals surface area contributed by atoms with Crippen LogP contribution in [0.15, 0.2) is 72.8 Å². The summed E-state index contributed by atoms with van der Waals surface area (Å²) in [5, 5.41) is 7.57. The fourth-order valence-corrected chi connectivity index (χ4v) is 4.47. The second-order valence-electron chi connectivity index (χ2n) is 8.80. The third-order valence-corrected chi connectivity index (χ3v) is 6.01. The van der Waals surface area contributed by atoms with Crippen molar-refractivity contribution in [2.75, 3.05) is 20.6 Å². The van der Waals surface area contributed by atoms with Gasteiger partial charge in [0.1, 0.15) is 11.5 Å². The van der Waals surface area contributed by atoms with Gasteiger partial charge in [0.25, 0.3) is 0 Å². The summed E-state index contributed by atoms with van der Waals surface area (Å²) < 4.78 is 5.88. The Bertz CT molecular complexity index is 1180. The molecule has 162 valence electrons. The molecule has 1 N–H and O–H groups in total. The van der Waals surface area contributed by atoms with Gasteiger partial charge in [-0.15, -0.1) is 0 Å². The lowest BCUT2D eigenvalue weighted by molar-refractivity contribution is 0.303. The van der Waals surface area contributed by atoms with Crippen molar-refractivity contribution in [3.63, 3.8) is 0 Å². The third-order valence-electron chi connectivity index (χ3n) is 6.01. The Balaban J connectivity index is 1.30. The molecule has 3 aromatic carbocycles. The second-order valence-corrected chi connectivity index (χ2v) is 8.80. The molecule has 0 bridgehead atoms. The van der Waals surface area contributed by atoms with Gasteiger partial charge in [-0.3, -0.25) is 5.10 Å². The lowest BCUT2D eigenvalue weighted by Gasteiger charge is -2.27. The number of rotatable bonds is 6. The van der Waals surface area contributed by atoms with Gasteiger partial charge < -0.3 is 9.64 Å². The van der Waals surface area contributed by atoms with E-state index in [9.17, 15) is 0 Å². The SMILES string of the molecule is CN(C)CC1CCc2cc(-c3n[nH]c(-c4ccc(Oc5ccccc5)cc4)n3)ccc2C1. The maximum atomic E-state index is 5.88. The number of para-hydroxylation sites is 1. The molecule has 1 aliphatic carbocycles. The predicted molar refractivity (Wildman–Crippen MR) is 128 cm³/mol. The molecule has 1 heterocycles. The lowest BCUT2D eigenvalue weighted by Crippen LogP contribution is -2.26. The number of aryl methyl sites for hydroxylation is 1. The van der Waals surface area contributed by atoms with Gasteiger partial charge in [0.15, 0.2) is 11.6 Å². The minimum Gasteiger partial charge on any atom is -0.457 e. The van der Waals surface area contributed by atoms with Gasteiger partial charge >= 0.3 is 0 Å². The number of hydrogen-bond acceptors (Lipinski definition) is 4. The van der Waals surface area contributed by atoms with Gasteiger partial charge in [0.2, 0.25) is 0 Å². The molecule has 0 saturated heterocycles. The minimum absolute atomic E-state index is 0.739. The van der Waals surface area contributed by atoms with Crippen LogP contribution in [0, 0.1) is 5.92 Å². The zero-order valence-electron chi connectivity index (χ0n) is 18.6. The molecule has 1 atom stereocenters. The van der Waals surface area contributed by atoms with Crippen molar-refractivity contribution in [1.29, 1.82) is 0 Å². The minimum atomic E-state index is 0.739. The van der Waals surface area contributed by atoms with E-state index in [-0.39, 0.29) is 0 Å². The van der Waals surface area contributed by atoms with Crippen LogP contribution in [-0.2, 0) is 12.8 Å². The van der Waals surface area contributed by atoms with Crippen LogP contribution in [0.25, 0.3) is 22.8 Å². The Morgan fingerprint density at radius 3 is 2.44 bits per heavy atom.